The number of carbonyl (C=O) groups is 2. The Bertz CT molecular complexity index is 747. The van der Waals surface area contributed by atoms with E-state index < -0.39 is 42.5 Å². The van der Waals surface area contributed by atoms with Crippen LogP contribution in [0.4, 0.5) is 10.5 Å². The van der Waals surface area contributed by atoms with Crippen LogP contribution in [0.15, 0.2) is 24.3 Å². The minimum Gasteiger partial charge on any atom is -0.457 e. The van der Waals surface area contributed by atoms with E-state index >= 15 is 0 Å². The number of benzene rings is 1. The van der Waals surface area contributed by atoms with E-state index in [9.17, 15) is 19.7 Å². The number of rotatable bonds is 16. The summed E-state index contributed by atoms with van der Waals surface area (Å²) in [6, 6.07) is 5.03. The molecule has 1 rings (SSSR count). The average Bonchev–Trinajstić information content (AvgIpc) is 2.79. The number of non-ortho nitro benzene ring substituents is 1. The van der Waals surface area contributed by atoms with Crippen molar-refractivity contribution in [2.75, 3.05) is 13.2 Å². The maximum Gasteiger partial charge on any atom is 0.514 e. The third-order valence-corrected chi connectivity index (χ3v) is 5.35. The van der Waals surface area contributed by atoms with E-state index in [0.29, 0.717) is 18.3 Å². The Balaban J connectivity index is 2.66. The molecule has 0 radical (unpaired) electrons. The molecule has 1 aromatic carbocycles. The normalized spacial score (nSPS) is 12.9. The van der Waals surface area contributed by atoms with Gasteiger partial charge in [0.25, 0.3) is 5.69 Å². The number of nitro groups is 1. The summed E-state index contributed by atoms with van der Waals surface area (Å²) in [4.78, 5) is 34.5. The van der Waals surface area contributed by atoms with Crippen molar-refractivity contribution in [2.45, 2.75) is 77.9 Å². The van der Waals surface area contributed by atoms with Crippen LogP contribution in [0.2, 0.25) is 0 Å². The quantitative estimate of drug-likeness (QED) is 0.151. The number of nitro benzene ring substituents is 1. The second-order valence-corrected chi connectivity index (χ2v) is 8.87. The van der Waals surface area contributed by atoms with Crippen molar-refractivity contribution in [3.63, 3.8) is 0 Å². The Morgan fingerprint density at radius 3 is 2.12 bits per heavy atom. The Kier molecular flexibility index (Phi) is 13.8. The monoisotopic (exact) mass is 483 g/mol. The summed E-state index contributed by atoms with van der Waals surface area (Å²) in [7, 11) is 0. The molecule has 0 heterocycles. The molecule has 0 aliphatic rings. The molecule has 2 unspecified atom stereocenters. The van der Waals surface area contributed by atoms with Gasteiger partial charge in [-0.15, -0.1) is 0 Å². The zero-order chi connectivity index (χ0) is 25.5. The van der Waals surface area contributed by atoms with Crippen LogP contribution < -0.4 is 4.74 Å². The lowest BCUT2D eigenvalue weighted by atomic mass is 9.94. The zero-order valence-corrected chi connectivity index (χ0v) is 20.2. The van der Waals surface area contributed by atoms with E-state index in [1.165, 1.54) is 24.3 Å². The van der Waals surface area contributed by atoms with Gasteiger partial charge in [0.05, 0.1) is 18.1 Å². The van der Waals surface area contributed by atoms with Gasteiger partial charge in [-0.3, -0.25) is 14.9 Å². The summed E-state index contributed by atoms with van der Waals surface area (Å²) in [5, 5.41) is 28.8. The molecule has 0 aliphatic heterocycles. The second kappa shape index (κ2) is 16.0. The van der Waals surface area contributed by atoms with Gasteiger partial charge in [0.2, 0.25) is 0 Å². The van der Waals surface area contributed by atoms with Gasteiger partial charge in [0.1, 0.15) is 18.0 Å². The van der Waals surface area contributed by atoms with Crippen LogP contribution in [0.1, 0.15) is 65.7 Å². The Labute approximate surface area is 200 Å². The van der Waals surface area contributed by atoms with Gasteiger partial charge in [-0.05, 0) is 43.2 Å². The predicted molar refractivity (Wildman–Crippen MR) is 124 cm³/mol. The van der Waals surface area contributed by atoms with Crippen molar-refractivity contribution >= 4 is 17.8 Å². The molecule has 34 heavy (non-hydrogen) atoms. The highest BCUT2D eigenvalue weighted by molar-refractivity contribution is 5.69. The molecule has 0 aromatic heterocycles. The largest absolute Gasteiger partial charge is 0.514 e. The lowest BCUT2D eigenvalue weighted by Crippen LogP contribution is -2.27. The van der Waals surface area contributed by atoms with Crippen molar-refractivity contribution < 1.29 is 38.9 Å². The molecule has 10 nitrogen and oxygen atoms in total. The van der Waals surface area contributed by atoms with Gasteiger partial charge in [0.15, 0.2) is 0 Å². The lowest BCUT2D eigenvalue weighted by Gasteiger charge is -2.20. The van der Waals surface area contributed by atoms with Crippen molar-refractivity contribution in [3.8, 4) is 5.75 Å². The van der Waals surface area contributed by atoms with Gasteiger partial charge >= 0.3 is 12.1 Å². The van der Waals surface area contributed by atoms with E-state index in [0.717, 1.165) is 25.7 Å². The predicted octanol–water partition coefficient (Wildman–Crippen LogP) is 4.40. The number of nitrogens with zero attached hydrogens (tertiary/aromatic N) is 1. The summed E-state index contributed by atoms with van der Waals surface area (Å²) >= 11 is 0. The van der Waals surface area contributed by atoms with Crippen molar-refractivity contribution in [1.29, 1.82) is 0 Å². The van der Waals surface area contributed by atoms with Crippen LogP contribution >= 0.6 is 0 Å². The minimum atomic E-state index is -0.986. The van der Waals surface area contributed by atoms with E-state index in [1.807, 2.05) is 0 Å². The second-order valence-electron chi connectivity index (χ2n) is 8.87. The van der Waals surface area contributed by atoms with E-state index in [1.54, 1.807) is 0 Å². The van der Waals surface area contributed by atoms with Crippen LogP contribution in [0.5, 0.6) is 5.75 Å². The SMILES string of the molecule is CC(C)CCCC(C)CCC(CCC(=O)OC(CO)CO)OC(=O)Oc1ccc([N+](=O)[O-])cc1. The highest BCUT2D eigenvalue weighted by Gasteiger charge is 2.21. The maximum atomic E-state index is 12.3. The summed E-state index contributed by atoms with van der Waals surface area (Å²) in [6.07, 6.45) is 2.19. The lowest BCUT2D eigenvalue weighted by molar-refractivity contribution is -0.384. The standard InChI is InChI=1S/C24H37NO9/c1-17(2)5-4-6-18(3)7-10-20(13-14-23(28)32-22(15-26)16-27)33-24(29)34-21-11-8-19(9-12-21)25(30)31/h8-9,11-12,17-18,20,22,26-27H,4-7,10,13-16H2,1-3H3. The molecule has 2 atom stereocenters. The first kappa shape index (κ1) is 29.3. The molecule has 0 saturated heterocycles. The van der Waals surface area contributed by atoms with Crippen LogP contribution in [-0.2, 0) is 14.3 Å². The van der Waals surface area contributed by atoms with Crippen LogP contribution in [0.25, 0.3) is 0 Å². The van der Waals surface area contributed by atoms with Crippen LogP contribution in [0, 0.1) is 22.0 Å². The fraction of sp³-hybridized carbons (Fsp3) is 0.667. The summed E-state index contributed by atoms with van der Waals surface area (Å²) in [5.74, 6) is 0.542. The summed E-state index contributed by atoms with van der Waals surface area (Å²) in [5.41, 5.74) is -0.132. The molecule has 0 aliphatic carbocycles. The number of esters is 1. The molecule has 0 amide bonds. The van der Waals surface area contributed by atoms with E-state index in [-0.39, 0.29) is 24.3 Å². The van der Waals surface area contributed by atoms with Crippen molar-refractivity contribution in [1.82, 2.24) is 0 Å². The Hall–Kier alpha value is -2.72. The third-order valence-electron chi connectivity index (χ3n) is 5.35. The highest BCUT2D eigenvalue weighted by atomic mass is 16.7. The van der Waals surface area contributed by atoms with Crippen LogP contribution in [0.3, 0.4) is 0 Å². The summed E-state index contributed by atoms with van der Waals surface area (Å²) < 4.78 is 15.5. The first-order valence-corrected chi connectivity index (χ1v) is 11.7. The first-order chi connectivity index (χ1) is 16.1. The summed E-state index contributed by atoms with van der Waals surface area (Å²) in [6.45, 7) is 5.52. The van der Waals surface area contributed by atoms with Crippen molar-refractivity contribution in [2.24, 2.45) is 11.8 Å². The van der Waals surface area contributed by atoms with Gasteiger partial charge in [-0.1, -0.05) is 40.0 Å². The van der Waals surface area contributed by atoms with E-state index in [4.69, 9.17) is 24.4 Å². The number of carbonyl (C=O) groups excluding carboxylic acids is 2. The smallest absolute Gasteiger partial charge is 0.457 e. The van der Waals surface area contributed by atoms with Gasteiger partial charge in [-0.2, -0.15) is 0 Å². The first-order valence-electron chi connectivity index (χ1n) is 11.7. The molecule has 192 valence electrons. The fourth-order valence-electron chi connectivity index (χ4n) is 3.30. The molecule has 0 spiro atoms. The average molecular weight is 484 g/mol. The molecule has 0 bridgehead atoms. The number of ether oxygens (including phenoxy) is 3. The number of aliphatic hydroxyl groups is 2. The molecular weight excluding hydrogens is 446 g/mol. The maximum absolute atomic E-state index is 12.3. The van der Waals surface area contributed by atoms with Gasteiger partial charge < -0.3 is 24.4 Å². The Morgan fingerprint density at radius 1 is 0.912 bits per heavy atom. The molecule has 1 aromatic rings. The fourth-order valence-corrected chi connectivity index (χ4v) is 3.30. The van der Waals surface area contributed by atoms with E-state index in [2.05, 4.69) is 20.8 Å². The van der Waals surface area contributed by atoms with Gasteiger partial charge in [0, 0.05) is 18.6 Å². The molecular formula is C24H37NO9. The number of aliphatic hydroxyl groups excluding tert-OH is 2. The highest BCUT2D eigenvalue weighted by Crippen LogP contribution is 2.22. The Morgan fingerprint density at radius 2 is 1.56 bits per heavy atom. The topological polar surface area (TPSA) is 145 Å². The number of hydrogen-bond acceptors (Lipinski definition) is 9. The van der Waals surface area contributed by atoms with Crippen LogP contribution in [-0.4, -0.2) is 52.7 Å². The van der Waals surface area contributed by atoms with Crippen molar-refractivity contribution in [3.05, 3.63) is 34.4 Å². The third kappa shape index (κ3) is 12.5. The van der Waals surface area contributed by atoms with Gasteiger partial charge in [-0.25, -0.2) is 4.79 Å². The number of hydrogen-bond donors (Lipinski definition) is 2. The molecule has 0 fully saturated rings. The molecule has 10 heteroatoms. The minimum absolute atomic E-state index is 0.0618. The zero-order valence-electron chi connectivity index (χ0n) is 20.2. The molecule has 0 saturated carbocycles. The molecule has 2 N–H and O–H groups in total.